The first kappa shape index (κ1) is 15.8. The lowest BCUT2D eigenvalue weighted by Crippen LogP contribution is -2.34. The van der Waals surface area contributed by atoms with Crippen molar-refractivity contribution in [1.29, 1.82) is 0 Å². The van der Waals surface area contributed by atoms with Gasteiger partial charge in [0.25, 0.3) is 0 Å². The number of carbonyl (C=O) groups excluding carboxylic acids is 1. The Hall–Kier alpha value is -2.59. The van der Waals surface area contributed by atoms with E-state index in [1.54, 1.807) is 23.1 Å². The number of rotatable bonds is 6. The van der Waals surface area contributed by atoms with E-state index in [0.717, 1.165) is 0 Å². The molecule has 2 rings (SSSR count). The van der Waals surface area contributed by atoms with Crippen LogP contribution in [0.5, 0.6) is 5.75 Å². The summed E-state index contributed by atoms with van der Waals surface area (Å²) in [6.07, 6.45) is 2.02. The third-order valence-electron chi connectivity index (χ3n) is 3.36. The number of aliphatic hydroxyl groups is 1. The number of aromatic hydroxyl groups is 1. The van der Waals surface area contributed by atoms with Gasteiger partial charge in [0.05, 0.1) is 12.5 Å². The average molecular weight is 297 g/mol. The first-order valence-electron chi connectivity index (χ1n) is 7.07. The highest BCUT2D eigenvalue weighted by Gasteiger charge is 2.25. The number of aliphatic hydroxyl groups excluding tert-OH is 1. The number of nitrogens with zero attached hydrogens (tertiary/aromatic N) is 1. The van der Waals surface area contributed by atoms with Gasteiger partial charge in [-0.3, -0.25) is 9.69 Å². The highest BCUT2D eigenvalue weighted by molar-refractivity contribution is 6.02. The molecule has 4 nitrogen and oxygen atoms in total. The van der Waals surface area contributed by atoms with Crippen molar-refractivity contribution in [1.82, 2.24) is 0 Å². The smallest absolute Gasteiger partial charge is 0.237 e. The second kappa shape index (κ2) is 7.43. The Labute approximate surface area is 129 Å². The number of phenolic OH excluding ortho intramolecular Hbond substituents is 1. The van der Waals surface area contributed by atoms with Gasteiger partial charge in [0, 0.05) is 11.4 Å². The minimum absolute atomic E-state index is 0.133. The zero-order chi connectivity index (χ0) is 15.9. The van der Waals surface area contributed by atoms with Crippen molar-refractivity contribution in [3.63, 3.8) is 0 Å². The fraction of sp³-hybridized carbons (Fsp3) is 0.167. The summed E-state index contributed by atoms with van der Waals surface area (Å²) in [5, 5.41) is 18.9. The number of amides is 1. The van der Waals surface area contributed by atoms with Gasteiger partial charge in [0.2, 0.25) is 5.91 Å². The zero-order valence-corrected chi connectivity index (χ0v) is 12.2. The van der Waals surface area contributed by atoms with Crippen molar-refractivity contribution in [2.24, 2.45) is 5.92 Å². The molecule has 1 unspecified atom stereocenters. The Bertz CT molecular complexity index is 623. The summed E-state index contributed by atoms with van der Waals surface area (Å²) in [4.78, 5) is 14.4. The number of para-hydroxylation sites is 1. The van der Waals surface area contributed by atoms with Crippen LogP contribution in [-0.2, 0) is 4.79 Å². The van der Waals surface area contributed by atoms with Crippen LogP contribution < -0.4 is 4.90 Å². The molecule has 0 heterocycles. The van der Waals surface area contributed by atoms with Crippen LogP contribution in [0.25, 0.3) is 0 Å². The van der Waals surface area contributed by atoms with Crippen LogP contribution in [0.1, 0.15) is 6.42 Å². The monoisotopic (exact) mass is 297 g/mol. The molecule has 2 N–H and O–H groups in total. The topological polar surface area (TPSA) is 60.8 Å². The van der Waals surface area contributed by atoms with Crippen LogP contribution in [0.15, 0.2) is 67.3 Å². The summed E-state index contributed by atoms with van der Waals surface area (Å²) in [6.45, 7) is 3.39. The van der Waals surface area contributed by atoms with Gasteiger partial charge < -0.3 is 10.2 Å². The lowest BCUT2D eigenvalue weighted by atomic mass is 10.0. The third kappa shape index (κ3) is 3.54. The number of hydrogen-bond acceptors (Lipinski definition) is 3. The quantitative estimate of drug-likeness (QED) is 0.805. The summed E-state index contributed by atoms with van der Waals surface area (Å²) in [5.74, 6) is -0.625. The lowest BCUT2D eigenvalue weighted by Gasteiger charge is -2.26. The molecule has 1 amide bonds. The van der Waals surface area contributed by atoms with Crippen LogP contribution in [0.3, 0.4) is 0 Å². The van der Waals surface area contributed by atoms with Crippen molar-refractivity contribution in [3.05, 3.63) is 67.3 Å². The van der Waals surface area contributed by atoms with Gasteiger partial charge >= 0.3 is 0 Å². The van der Waals surface area contributed by atoms with E-state index in [9.17, 15) is 15.0 Å². The second-order valence-electron chi connectivity index (χ2n) is 4.93. The minimum Gasteiger partial charge on any atom is -0.508 e. The molecule has 0 saturated carbocycles. The summed E-state index contributed by atoms with van der Waals surface area (Å²) in [7, 11) is 0. The highest BCUT2D eigenvalue weighted by Crippen LogP contribution is 2.29. The molecule has 0 radical (unpaired) electrons. The standard InChI is InChI=1S/C18H19NO3/c1-2-6-14(13-20)18(22)19(15-7-4-3-5-8-15)16-9-11-17(21)12-10-16/h2-5,7-12,14,20-21H,1,6,13H2. The third-order valence-corrected chi connectivity index (χ3v) is 3.36. The number of benzene rings is 2. The molecule has 0 aliphatic heterocycles. The number of hydrogen-bond donors (Lipinski definition) is 2. The summed E-state index contributed by atoms with van der Waals surface area (Å²) in [5.41, 5.74) is 1.34. The lowest BCUT2D eigenvalue weighted by molar-refractivity contribution is -0.122. The van der Waals surface area contributed by atoms with Gasteiger partial charge in [-0.25, -0.2) is 0 Å². The van der Waals surface area contributed by atoms with Gasteiger partial charge in [-0.05, 0) is 42.8 Å². The number of allylic oxidation sites excluding steroid dienone is 1. The van der Waals surface area contributed by atoms with Crippen molar-refractivity contribution in [2.45, 2.75) is 6.42 Å². The molecular weight excluding hydrogens is 278 g/mol. The van der Waals surface area contributed by atoms with Crippen LogP contribution in [0.2, 0.25) is 0 Å². The van der Waals surface area contributed by atoms with E-state index in [0.29, 0.717) is 17.8 Å². The van der Waals surface area contributed by atoms with E-state index >= 15 is 0 Å². The van der Waals surface area contributed by atoms with Crippen LogP contribution in [0.4, 0.5) is 11.4 Å². The molecule has 1 atom stereocenters. The Morgan fingerprint density at radius 2 is 1.68 bits per heavy atom. The van der Waals surface area contributed by atoms with Gasteiger partial charge in [-0.1, -0.05) is 24.3 Å². The number of carbonyl (C=O) groups is 1. The predicted octanol–water partition coefficient (Wildman–Crippen LogP) is 3.24. The molecule has 22 heavy (non-hydrogen) atoms. The fourth-order valence-electron chi connectivity index (χ4n) is 2.22. The van der Waals surface area contributed by atoms with Crippen molar-refractivity contribution in [3.8, 4) is 5.75 Å². The molecule has 2 aromatic rings. The van der Waals surface area contributed by atoms with Crippen LogP contribution in [0, 0.1) is 5.92 Å². The summed E-state index contributed by atoms with van der Waals surface area (Å²) in [6, 6.07) is 15.6. The van der Waals surface area contributed by atoms with E-state index in [-0.39, 0.29) is 18.3 Å². The number of phenols is 1. The van der Waals surface area contributed by atoms with Gasteiger partial charge in [-0.15, -0.1) is 6.58 Å². The maximum atomic E-state index is 12.8. The van der Waals surface area contributed by atoms with Crippen LogP contribution in [-0.4, -0.2) is 22.7 Å². The van der Waals surface area contributed by atoms with E-state index in [2.05, 4.69) is 6.58 Å². The molecule has 0 fully saturated rings. The second-order valence-corrected chi connectivity index (χ2v) is 4.93. The van der Waals surface area contributed by atoms with E-state index in [4.69, 9.17) is 0 Å². The number of anilines is 2. The molecule has 0 aliphatic rings. The van der Waals surface area contributed by atoms with E-state index in [1.807, 2.05) is 30.3 Å². The Morgan fingerprint density at radius 3 is 2.23 bits per heavy atom. The molecule has 0 aromatic heterocycles. The fourth-order valence-corrected chi connectivity index (χ4v) is 2.22. The van der Waals surface area contributed by atoms with Crippen molar-refractivity contribution < 1.29 is 15.0 Å². The SMILES string of the molecule is C=CCC(CO)C(=O)N(c1ccccc1)c1ccc(O)cc1. The molecule has 114 valence electrons. The first-order chi connectivity index (χ1) is 10.7. The summed E-state index contributed by atoms with van der Waals surface area (Å²) < 4.78 is 0. The van der Waals surface area contributed by atoms with Gasteiger partial charge in [-0.2, -0.15) is 0 Å². The molecule has 2 aromatic carbocycles. The Balaban J connectivity index is 2.43. The molecular formula is C18H19NO3. The molecule has 0 spiro atoms. The zero-order valence-electron chi connectivity index (χ0n) is 12.2. The Kier molecular flexibility index (Phi) is 5.33. The maximum absolute atomic E-state index is 12.8. The largest absolute Gasteiger partial charge is 0.508 e. The van der Waals surface area contributed by atoms with Crippen LogP contribution >= 0.6 is 0 Å². The van der Waals surface area contributed by atoms with E-state index in [1.165, 1.54) is 12.1 Å². The van der Waals surface area contributed by atoms with Gasteiger partial charge in [0.15, 0.2) is 0 Å². The Morgan fingerprint density at radius 1 is 1.09 bits per heavy atom. The molecule has 0 bridgehead atoms. The maximum Gasteiger partial charge on any atom is 0.237 e. The van der Waals surface area contributed by atoms with E-state index < -0.39 is 5.92 Å². The molecule has 0 saturated heterocycles. The minimum atomic E-state index is -0.550. The predicted molar refractivity (Wildman–Crippen MR) is 87.1 cm³/mol. The first-order valence-corrected chi connectivity index (χ1v) is 7.07. The van der Waals surface area contributed by atoms with Gasteiger partial charge in [0.1, 0.15) is 5.75 Å². The highest BCUT2D eigenvalue weighted by atomic mass is 16.3. The average Bonchev–Trinajstić information content (AvgIpc) is 2.55. The van der Waals surface area contributed by atoms with Crippen molar-refractivity contribution in [2.75, 3.05) is 11.5 Å². The molecule has 4 heteroatoms. The molecule has 0 aliphatic carbocycles. The normalized spacial score (nSPS) is 11.7. The van der Waals surface area contributed by atoms with Crippen molar-refractivity contribution >= 4 is 17.3 Å². The summed E-state index contributed by atoms with van der Waals surface area (Å²) >= 11 is 0.